The van der Waals surface area contributed by atoms with E-state index in [9.17, 15) is 63.0 Å². The van der Waals surface area contributed by atoms with Crippen LogP contribution < -0.4 is 81.6 Å². The van der Waals surface area contributed by atoms with E-state index in [0.717, 1.165) is 17.8 Å². The summed E-state index contributed by atoms with van der Waals surface area (Å²) in [7, 11) is 1.48. The van der Waals surface area contributed by atoms with Gasteiger partial charge in [-0.25, -0.2) is 10.2 Å². The number of nitrogens with one attached hydrogen (secondary N) is 12. The lowest BCUT2D eigenvalue weighted by Crippen LogP contribution is -2.62. The van der Waals surface area contributed by atoms with Gasteiger partial charge in [-0.05, 0) is 92.8 Å². The number of aliphatic imine (C=N–C) groups is 1. The average molecular weight is 1240 g/mol. The van der Waals surface area contributed by atoms with E-state index in [1.807, 2.05) is 24.3 Å². The molecule has 3 aromatic carbocycles. The quantitative estimate of drug-likeness (QED) is 0.00961. The molecule has 0 bridgehead atoms. The number of hydrazine groups is 1. The molecule has 0 radical (unpaired) electrons. The van der Waals surface area contributed by atoms with E-state index in [0.29, 0.717) is 29.5 Å². The third-order valence-corrected chi connectivity index (χ3v) is 13.9. The number of nitrogens with two attached hydrogens (primary N) is 4. The van der Waals surface area contributed by atoms with Gasteiger partial charge in [-0.3, -0.25) is 58.4 Å². The first kappa shape index (κ1) is 71.6. The van der Waals surface area contributed by atoms with Crippen LogP contribution in [0.25, 0.3) is 10.9 Å². The summed E-state index contributed by atoms with van der Waals surface area (Å²) in [5, 5.41) is 44.5. The number of aromatic nitrogens is 1. The first-order chi connectivity index (χ1) is 42.3. The number of aliphatic hydroxyl groups excluding tert-OH is 1. The zero-order valence-corrected chi connectivity index (χ0v) is 50.5. The second kappa shape index (κ2) is 36.3. The minimum absolute atomic E-state index is 0.0152. The highest BCUT2D eigenvalue weighted by molar-refractivity contribution is 5.99. The van der Waals surface area contributed by atoms with Crippen molar-refractivity contribution in [1.29, 1.82) is 0 Å². The molecule has 0 aliphatic carbocycles. The highest BCUT2D eigenvalue weighted by Crippen LogP contribution is 2.20. The molecule has 484 valence electrons. The van der Waals surface area contributed by atoms with Gasteiger partial charge in [0.25, 0.3) is 5.91 Å². The van der Waals surface area contributed by atoms with E-state index >= 15 is 0 Å². The van der Waals surface area contributed by atoms with E-state index in [1.54, 1.807) is 50.4 Å². The third-order valence-electron chi connectivity index (χ3n) is 13.9. The van der Waals surface area contributed by atoms with E-state index < -0.39 is 126 Å². The van der Waals surface area contributed by atoms with Gasteiger partial charge in [0.15, 0.2) is 5.96 Å². The van der Waals surface area contributed by atoms with E-state index in [-0.39, 0.29) is 75.7 Å². The lowest BCUT2D eigenvalue weighted by atomic mass is 10.0. The molecular weight excluding hydrogens is 1150 g/mol. The molecule has 9 atom stereocenters. The van der Waals surface area contributed by atoms with Crippen molar-refractivity contribution in [1.82, 2.24) is 63.7 Å². The highest BCUT2D eigenvalue weighted by Gasteiger charge is 2.36. The van der Waals surface area contributed by atoms with Crippen LogP contribution in [0.4, 0.5) is 4.79 Å². The number of urea groups is 1. The number of H-pyrrole nitrogens is 1. The molecule has 0 fully saturated rings. The van der Waals surface area contributed by atoms with Gasteiger partial charge in [-0.2, -0.15) is 0 Å². The van der Waals surface area contributed by atoms with Crippen molar-refractivity contribution in [2.24, 2.45) is 33.8 Å². The molecule has 0 aliphatic heterocycles. The summed E-state index contributed by atoms with van der Waals surface area (Å²) in [6, 6.07) is 8.74. The second-order valence-electron chi connectivity index (χ2n) is 21.7. The number of para-hydroxylation sites is 1. The number of carbonyl (C=O) groups excluding carboxylic acids is 11. The summed E-state index contributed by atoms with van der Waals surface area (Å²) in [4.78, 5) is 156. The lowest BCUT2D eigenvalue weighted by molar-refractivity contribution is -0.137. The fourth-order valence-corrected chi connectivity index (χ4v) is 9.28. The molecule has 0 saturated heterocycles. The van der Waals surface area contributed by atoms with Crippen molar-refractivity contribution in [3.05, 3.63) is 102 Å². The van der Waals surface area contributed by atoms with Crippen LogP contribution in [0.2, 0.25) is 0 Å². The van der Waals surface area contributed by atoms with Gasteiger partial charge in [0.05, 0.1) is 12.5 Å². The number of primary amides is 2. The molecule has 0 unspecified atom stereocenters. The van der Waals surface area contributed by atoms with Crippen LogP contribution >= 0.6 is 0 Å². The fourth-order valence-electron chi connectivity index (χ4n) is 9.28. The smallest absolute Gasteiger partial charge is 0.334 e. The molecule has 89 heavy (non-hydrogen) atoms. The van der Waals surface area contributed by atoms with Gasteiger partial charge in [-0.15, -0.1) is 0 Å². The summed E-state index contributed by atoms with van der Waals surface area (Å²) < 4.78 is 0. The number of rotatable bonds is 35. The van der Waals surface area contributed by atoms with Crippen LogP contribution in [0.1, 0.15) is 89.3 Å². The minimum Gasteiger partial charge on any atom is -0.508 e. The number of aromatic hydroxyl groups is 1. The first-order valence-corrected chi connectivity index (χ1v) is 29.0. The normalized spacial score (nSPS) is 14.3. The van der Waals surface area contributed by atoms with Crippen LogP contribution in [0.15, 0.2) is 90.1 Å². The van der Waals surface area contributed by atoms with Crippen molar-refractivity contribution in [3.63, 3.8) is 0 Å². The van der Waals surface area contributed by atoms with Crippen molar-refractivity contribution in [2.75, 3.05) is 20.1 Å². The Bertz CT molecular complexity index is 3090. The summed E-state index contributed by atoms with van der Waals surface area (Å²) in [5.41, 5.74) is 29.7. The summed E-state index contributed by atoms with van der Waals surface area (Å²) in [5.74, 6) is -9.29. The van der Waals surface area contributed by atoms with E-state index in [1.165, 1.54) is 38.2 Å². The Morgan fingerprint density at radius 3 is 1.69 bits per heavy atom. The molecule has 4 aromatic rings. The standard InChI is InChI=1S/C59H85N17O13/c1-32(2)26-44(53(84)69-42(19-13-25-65-58(63)64-5)51(82)70-43(50(62)81)29-37-31-66-40-17-10-9-16-39(37)40)73-59(89)76-75-56(87)46(27-35-14-7-6-8-15-35)72-57(88)49(33(3)77)74-55(86)47(30-48(61)80)71-52(83)41(18-11-12-24-60)68-54(85)45(67-34(4)78)28-36-20-22-38(79)23-21-36/h6-10,14-17,20-23,31-33,41-47,49,66,77,79H,11-13,18-19,24-30,60H2,1-5H3,(H2,61,80)(H2,62,81)(H,67,78)(H,68,85)(H,69,84)(H,70,82)(H,71,83)(H,72,88)(H,74,86)(H,75,87)(H3,63,64,65)(H2,73,76,89)/t33-,41-,42+,43+,44+,45-,46+,47+,49+/m1/s1. The van der Waals surface area contributed by atoms with Crippen molar-refractivity contribution >= 4 is 82.0 Å². The predicted octanol–water partition coefficient (Wildman–Crippen LogP) is -2.76. The number of phenolic OH excluding ortho intramolecular Hbond substituents is 1. The maximum atomic E-state index is 14.1. The van der Waals surface area contributed by atoms with Crippen molar-refractivity contribution in [3.8, 4) is 5.75 Å². The van der Waals surface area contributed by atoms with Crippen LogP contribution in [0.5, 0.6) is 5.75 Å². The zero-order valence-electron chi connectivity index (χ0n) is 50.5. The number of benzene rings is 3. The Morgan fingerprint density at radius 2 is 1.10 bits per heavy atom. The number of nitrogens with zero attached hydrogens (tertiary/aromatic N) is 1. The number of unbranched alkanes of at least 4 members (excludes halogenated alkanes) is 1. The van der Waals surface area contributed by atoms with E-state index in [2.05, 4.69) is 68.7 Å². The molecule has 4 rings (SSSR count). The first-order valence-electron chi connectivity index (χ1n) is 29.0. The highest BCUT2D eigenvalue weighted by atomic mass is 16.3. The molecule has 30 heteroatoms. The van der Waals surface area contributed by atoms with Gasteiger partial charge in [-0.1, -0.05) is 74.5 Å². The zero-order chi connectivity index (χ0) is 65.7. The van der Waals surface area contributed by atoms with Crippen molar-refractivity contribution < 1.29 is 63.0 Å². The maximum Gasteiger partial charge on any atom is 0.334 e. The van der Waals surface area contributed by atoms with Crippen LogP contribution in [-0.2, 0) is 67.2 Å². The summed E-state index contributed by atoms with van der Waals surface area (Å²) in [6.45, 7) is 6.33. The Hall–Kier alpha value is -9.84. The maximum absolute atomic E-state index is 14.1. The van der Waals surface area contributed by atoms with Crippen LogP contribution in [0.3, 0.4) is 0 Å². The number of hydrogen-bond donors (Lipinski definition) is 18. The lowest BCUT2D eigenvalue weighted by Gasteiger charge is -2.28. The molecule has 0 spiro atoms. The fraction of sp³-hybridized carbons (Fsp3) is 0.458. The number of amides is 12. The Balaban J connectivity index is 1.50. The SMILES string of the molecule is CN=C(N)NCCC[C@H](NC(=O)[C@H](CC(C)C)NC(=O)NNC(=O)[C@H](Cc1ccccc1)NC(=O)[C@@H](NC(=O)[C@H](CC(N)=O)NC(=O)[C@@H](CCCCN)NC(=O)[C@@H](Cc1ccc(O)cc1)NC(C)=O)[C@@H](C)O)C(=O)N[C@@H](Cc1c[nH]c2ccccc12)C(N)=O. The monoisotopic (exact) mass is 1240 g/mol. The number of aromatic amines is 1. The number of fused-ring (bicyclic) bond motifs is 1. The van der Waals surface area contributed by atoms with Gasteiger partial charge in [0.1, 0.15) is 54.1 Å². The molecule has 1 aromatic heterocycles. The van der Waals surface area contributed by atoms with Gasteiger partial charge in [0.2, 0.25) is 53.2 Å². The number of carbonyl (C=O) groups is 11. The van der Waals surface area contributed by atoms with Crippen LogP contribution in [-0.4, -0.2) is 161 Å². The summed E-state index contributed by atoms with van der Waals surface area (Å²) in [6.07, 6.45) is -0.105. The second-order valence-corrected chi connectivity index (χ2v) is 21.7. The number of phenols is 1. The van der Waals surface area contributed by atoms with Gasteiger partial charge in [0, 0.05) is 56.9 Å². The number of hydrogen-bond acceptors (Lipinski definition) is 15. The Morgan fingerprint density at radius 1 is 0.562 bits per heavy atom. The van der Waals surface area contributed by atoms with E-state index in [4.69, 9.17) is 22.9 Å². The van der Waals surface area contributed by atoms with Crippen LogP contribution in [0, 0.1) is 5.92 Å². The number of aliphatic hydroxyl groups is 1. The van der Waals surface area contributed by atoms with Crippen molar-refractivity contribution in [2.45, 2.75) is 146 Å². The Kier molecular flexibility index (Phi) is 29.3. The average Bonchev–Trinajstić information content (AvgIpc) is 3.26. The molecular formula is C59H85N17O13. The largest absolute Gasteiger partial charge is 0.508 e. The third kappa shape index (κ3) is 24.8. The van der Waals surface area contributed by atoms with Gasteiger partial charge < -0.3 is 86.0 Å². The molecule has 1 heterocycles. The molecule has 12 amide bonds. The molecule has 22 N–H and O–H groups in total. The topological polar surface area (TPSA) is 493 Å². The predicted molar refractivity (Wildman–Crippen MR) is 329 cm³/mol. The molecule has 0 saturated carbocycles. The molecule has 0 aliphatic rings. The molecule has 30 nitrogen and oxygen atoms in total. The van der Waals surface area contributed by atoms with Gasteiger partial charge >= 0.3 is 6.03 Å². The number of guanidine groups is 1. The minimum atomic E-state index is -1.88. The Labute approximate surface area is 514 Å². The summed E-state index contributed by atoms with van der Waals surface area (Å²) >= 11 is 0.